The van der Waals surface area contributed by atoms with E-state index in [1.165, 1.54) is 46.1 Å². The van der Waals surface area contributed by atoms with E-state index in [0.717, 1.165) is 23.6 Å². The Bertz CT molecular complexity index is 1760. The molecular formula is C28H23F3N4O10S. The van der Waals surface area contributed by atoms with E-state index in [4.69, 9.17) is 19.3 Å². The molecule has 0 saturated heterocycles. The van der Waals surface area contributed by atoms with Gasteiger partial charge in [-0.05, 0) is 12.1 Å². The molecule has 4 N–H and O–H groups in total. The van der Waals surface area contributed by atoms with Crippen molar-refractivity contribution < 1.29 is 61.5 Å². The van der Waals surface area contributed by atoms with Gasteiger partial charge in [-0.2, -0.15) is 0 Å². The number of aromatic carboxylic acids is 2. The molecule has 14 nitrogen and oxygen atoms in total. The van der Waals surface area contributed by atoms with Crippen molar-refractivity contribution in [3.8, 4) is 17.2 Å². The molecule has 2 aromatic carbocycles. The number of amides is 2. The Balaban J connectivity index is 0.000000489. The van der Waals surface area contributed by atoms with Crippen molar-refractivity contribution in [3.63, 3.8) is 0 Å². The zero-order chi connectivity index (χ0) is 34.0. The van der Waals surface area contributed by atoms with Gasteiger partial charge in [0.25, 0.3) is 0 Å². The molecule has 18 heteroatoms. The van der Waals surface area contributed by atoms with Crippen LogP contribution in [0, 0.1) is 17.5 Å². The molecule has 4 aromatic rings. The zero-order valence-electron chi connectivity index (χ0n) is 23.9. The summed E-state index contributed by atoms with van der Waals surface area (Å²) in [5, 5.41) is 23.8. The number of carbonyl (C=O) groups is 4. The second-order valence-electron chi connectivity index (χ2n) is 8.48. The first-order valence-corrected chi connectivity index (χ1v) is 13.3. The van der Waals surface area contributed by atoms with Crippen molar-refractivity contribution in [1.82, 2.24) is 9.97 Å². The third-order valence-corrected chi connectivity index (χ3v) is 6.64. The minimum Gasteiger partial charge on any atom is -0.496 e. The number of hydrogen-bond acceptors (Lipinski definition) is 11. The number of carboxylic acid groups (broad SMARTS) is 2. The predicted molar refractivity (Wildman–Crippen MR) is 154 cm³/mol. The molecule has 0 bridgehead atoms. The van der Waals surface area contributed by atoms with Gasteiger partial charge < -0.3 is 39.8 Å². The van der Waals surface area contributed by atoms with Crippen molar-refractivity contribution in [2.24, 2.45) is 0 Å². The number of esters is 1. The second-order valence-corrected chi connectivity index (χ2v) is 9.36. The number of nitrogens with zero attached hydrogens (tertiary/aromatic N) is 2. The Morgan fingerprint density at radius 2 is 1.50 bits per heavy atom. The van der Waals surface area contributed by atoms with Crippen LogP contribution in [0.5, 0.6) is 17.2 Å². The van der Waals surface area contributed by atoms with Gasteiger partial charge in [0.1, 0.15) is 29.1 Å². The van der Waals surface area contributed by atoms with Crippen LogP contribution >= 0.6 is 11.3 Å². The lowest BCUT2D eigenvalue weighted by Crippen LogP contribution is -2.21. The van der Waals surface area contributed by atoms with Crippen LogP contribution in [0.1, 0.15) is 36.0 Å². The molecule has 242 valence electrons. The average Bonchev–Trinajstić information content (AvgIpc) is 3.47. The molecule has 0 aliphatic carbocycles. The molecule has 2 amide bonds. The summed E-state index contributed by atoms with van der Waals surface area (Å²) in [7, 11) is 3.77. The SMILES string of the molecule is COC(=O)c1cncnc1.COc1cc(F)c(NC(=O)Nc2csc(C(=O)O)c2C(=O)O)cc1OCc1c(OC)ccc(F)c1F. The van der Waals surface area contributed by atoms with Crippen molar-refractivity contribution in [2.75, 3.05) is 32.0 Å². The number of hydrogen-bond donors (Lipinski definition) is 4. The molecule has 2 aromatic heterocycles. The summed E-state index contributed by atoms with van der Waals surface area (Å²) in [6, 6.07) is 2.84. The Hall–Kier alpha value is -5.91. The highest BCUT2D eigenvalue weighted by atomic mass is 32.1. The molecular weight excluding hydrogens is 641 g/mol. The highest BCUT2D eigenvalue weighted by Crippen LogP contribution is 2.35. The lowest BCUT2D eigenvalue weighted by Gasteiger charge is -2.16. The van der Waals surface area contributed by atoms with E-state index in [0.29, 0.717) is 16.9 Å². The molecule has 0 unspecified atom stereocenters. The highest BCUT2D eigenvalue weighted by Gasteiger charge is 2.25. The number of anilines is 2. The van der Waals surface area contributed by atoms with Gasteiger partial charge >= 0.3 is 23.9 Å². The van der Waals surface area contributed by atoms with Crippen LogP contribution in [0.4, 0.5) is 29.3 Å². The maximum atomic E-state index is 14.6. The Morgan fingerprint density at radius 3 is 2.09 bits per heavy atom. The van der Waals surface area contributed by atoms with Crippen LogP contribution in [-0.2, 0) is 11.3 Å². The maximum absolute atomic E-state index is 14.6. The van der Waals surface area contributed by atoms with Crippen LogP contribution in [0.3, 0.4) is 0 Å². The standard InChI is InChI=1S/C22H17F3N2O8S.C6H6N2O2/c1-33-14-4-3-10(23)18(25)9(14)7-35-16-6-12(11(24)5-15(16)34-2)26-22(32)27-13-8-36-19(21(30)31)17(13)20(28)29;1-10-6(9)5-2-7-4-8-3-5/h3-6,8H,7H2,1-2H3,(H,28,29)(H,30,31)(H2,26,27,32);2-4H,1H3. The van der Waals surface area contributed by atoms with E-state index < -0.39 is 64.1 Å². The number of nitrogens with one attached hydrogen (secondary N) is 2. The minimum atomic E-state index is -1.59. The molecule has 4 rings (SSSR count). The minimum absolute atomic E-state index is 0.00145. The fourth-order valence-electron chi connectivity index (χ4n) is 3.57. The number of carbonyl (C=O) groups excluding carboxylic acids is 2. The molecule has 0 atom stereocenters. The number of rotatable bonds is 10. The number of methoxy groups -OCH3 is 3. The molecule has 0 fully saturated rings. The molecule has 2 heterocycles. The fraction of sp³-hybridized carbons (Fsp3) is 0.143. The molecule has 0 radical (unpaired) electrons. The first kappa shape index (κ1) is 34.6. The lowest BCUT2D eigenvalue weighted by atomic mass is 10.2. The summed E-state index contributed by atoms with van der Waals surface area (Å²) in [4.78, 5) is 52.5. The summed E-state index contributed by atoms with van der Waals surface area (Å²) < 4.78 is 62.4. The molecule has 0 aliphatic rings. The van der Waals surface area contributed by atoms with Crippen LogP contribution in [0.2, 0.25) is 0 Å². The Kier molecular flexibility index (Phi) is 11.8. The molecule has 46 heavy (non-hydrogen) atoms. The predicted octanol–water partition coefficient (Wildman–Crippen LogP) is 5.07. The molecule has 0 saturated carbocycles. The third kappa shape index (κ3) is 8.38. The van der Waals surface area contributed by atoms with E-state index in [1.807, 2.05) is 0 Å². The first-order valence-electron chi connectivity index (χ1n) is 12.4. The van der Waals surface area contributed by atoms with Crippen molar-refractivity contribution in [1.29, 1.82) is 0 Å². The summed E-state index contributed by atoms with van der Waals surface area (Å²) in [6.45, 7) is -0.546. The van der Waals surface area contributed by atoms with E-state index >= 15 is 0 Å². The van der Waals surface area contributed by atoms with E-state index in [9.17, 15) is 37.5 Å². The monoisotopic (exact) mass is 664 g/mol. The second kappa shape index (κ2) is 15.7. The van der Waals surface area contributed by atoms with Crippen molar-refractivity contribution in [2.45, 2.75) is 6.61 Å². The van der Waals surface area contributed by atoms with Crippen LogP contribution in [-0.4, -0.2) is 65.4 Å². The van der Waals surface area contributed by atoms with E-state index in [-0.39, 0.29) is 28.5 Å². The summed E-state index contributed by atoms with van der Waals surface area (Å²) in [5.41, 5.74) is -1.30. The molecule has 0 aliphatic heterocycles. The topological polar surface area (TPSA) is 195 Å². The van der Waals surface area contributed by atoms with Gasteiger partial charge in [0.2, 0.25) is 0 Å². The van der Waals surface area contributed by atoms with Gasteiger partial charge in [0.05, 0.1) is 43.8 Å². The number of thiophene rings is 1. The number of aromatic nitrogens is 2. The normalized spacial score (nSPS) is 10.1. The van der Waals surface area contributed by atoms with Crippen molar-refractivity contribution in [3.05, 3.63) is 87.4 Å². The summed E-state index contributed by atoms with van der Waals surface area (Å²) in [5.74, 6) is -7.12. The van der Waals surface area contributed by atoms with Crippen molar-refractivity contribution >= 4 is 46.7 Å². The molecule has 0 spiro atoms. The van der Waals surface area contributed by atoms with Crippen LogP contribution in [0.15, 0.2) is 48.4 Å². The third-order valence-electron chi connectivity index (χ3n) is 5.68. The average molecular weight is 665 g/mol. The van der Waals surface area contributed by atoms with Gasteiger partial charge in [-0.25, -0.2) is 42.3 Å². The fourth-order valence-corrected chi connectivity index (χ4v) is 4.40. The van der Waals surface area contributed by atoms with Gasteiger partial charge in [-0.15, -0.1) is 11.3 Å². The van der Waals surface area contributed by atoms with Crippen LogP contribution < -0.4 is 24.8 Å². The van der Waals surface area contributed by atoms with E-state index in [1.54, 1.807) is 0 Å². The number of urea groups is 1. The summed E-state index contributed by atoms with van der Waals surface area (Å²) >= 11 is 0.580. The lowest BCUT2D eigenvalue weighted by molar-refractivity contribution is 0.0598. The van der Waals surface area contributed by atoms with Gasteiger partial charge in [-0.3, -0.25) is 0 Å². The quantitative estimate of drug-likeness (QED) is 0.165. The van der Waals surface area contributed by atoms with Gasteiger partial charge in [-0.1, -0.05) is 0 Å². The maximum Gasteiger partial charge on any atom is 0.346 e. The Morgan fingerprint density at radius 1 is 0.848 bits per heavy atom. The van der Waals surface area contributed by atoms with Gasteiger partial charge in [0, 0.05) is 29.9 Å². The summed E-state index contributed by atoms with van der Waals surface area (Å²) in [6.07, 6.45) is 4.16. The number of benzene rings is 2. The zero-order valence-corrected chi connectivity index (χ0v) is 24.7. The Labute approximate surface area is 261 Å². The number of carboxylic acids is 2. The van der Waals surface area contributed by atoms with E-state index in [2.05, 4.69) is 25.3 Å². The highest BCUT2D eigenvalue weighted by molar-refractivity contribution is 7.13. The number of halogens is 3. The smallest absolute Gasteiger partial charge is 0.346 e. The number of ether oxygens (including phenoxy) is 4. The largest absolute Gasteiger partial charge is 0.496 e. The van der Waals surface area contributed by atoms with Gasteiger partial charge in [0.15, 0.2) is 29.0 Å². The first-order chi connectivity index (χ1) is 21.9. The van der Waals surface area contributed by atoms with Crippen LogP contribution in [0.25, 0.3) is 0 Å².